The number of phosphoric ester groups is 1. The fourth-order valence-electron chi connectivity index (χ4n) is 3.19. The molecule has 0 aliphatic carbocycles. The Kier molecular flexibility index (Phi) is 8.76. The first-order valence-corrected chi connectivity index (χ1v) is 9.98. The lowest BCUT2D eigenvalue weighted by Gasteiger charge is -2.52. The number of aliphatic hydroxyl groups is 3. The van der Waals surface area contributed by atoms with Crippen LogP contribution in [0, 0.1) is 0 Å². The molecule has 1 aliphatic rings. The molecule has 0 saturated carbocycles. The van der Waals surface area contributed by atoms with Crippen LogP contribution in [0.15, 0.2) is 0 Å². The van der Waals surface area contributed by atoms with Crippen LogP contribution in [0.1, 0.15) is 20.3 Å². The summed E-state index contributed by atoms with van der Waals surface area (Å²) in [6, 6.07) is 0. The topological polar surface area (TPSA) is 186 Å². The molecule has 1 heterocycles. The first-order valence-electron chi connectivity index (χ1n) is 8.45. The third kappa shape index (κ3) is 5.24. The minimum absolute atomic E-state index is 0.0798. The van der Waals surface area contributed by atoms with E-state index in [0.717, 1.165) is 0 Å². The first-order chi connectivity index (χ1) is 12.5. The summed E-state index contributed by atoms with van der Waals surface area (Å²) in [5, 5.41) is 41.8. The van der Waals surface area contributed by atoms with Crippen molar-refractivity contribution in [2.24, 2.45) is 0 Å². The molecule has 0 aromatic carbocycles. The Morgan fingerprint density at radius 3 is 2.22 bits per heavy atom. The molecule has 160 valence electrons. The average Bonchev–Trinajstić information content (AvgIpc) is 2.62. The van der Waals surface area contributed by atoms with Crippen molar-refractivity contribution in [3.05, 3.63) is 0 Å². The maximum absolute atomic E-state index is 12.2. The van der Waals surface area contributed by atoms with Crippen LogP contribution in [0.3, 0.4) is 0 Å². The van der Waals surface area contributed by atoms with E-state index in [-0.39, 0.29) is 39.3 Å². The van der Waals surface area contributed by atoms with Crippen molar-refractivity contribution in [1.82, 2.24) is 4.90 Å². The number of hydrogen-bond donors (Lipinski definition) is 6. The summed E-state index contributed by atoms with van der Waals surface area (Å²) in [5.41, 5.74) is -4.97. The quantitative estimate of drug-likeness (QED) is 0.206. The lowest BCUT2D eigenvalue weighted by Crippen LogP contribution is -2.76. The molecule has 0 spiro atoms. The number of ether oxygens (including phenoxy) is 2. The Morgan fingerprint density at radius 2 is 1.81 bits per heavy atom. The van der Waals surface area contributed by atoms with E-state index < -0.39 is 43.9 Å². The van der Waals surface area contributed by atoms with E-state index in [2.05, 4.69) is 4.52 Å². The first kappa shape index (κ1) is 24.4. The van der Waals surface area contributed by atoms with Gasteiger partial charge in [0.15, 0.2) is 0 Å². The highest BCUT2D eigenvalue weighted by Gasteiger charge is 2.65. The van der Waals surface area contributed by atoms with Crippen molar-refractivity contribution >= 4 is 13.8 Å². The lowest BCUT2D eigenvalue weighted by atomic mass is 9.78. The van der Waals surface area contributed by atoms with E-state index in [4.69, 9.17) is 19.3 Å². The zero-order chi connectivity index (χ0) is 20.9. The zero-order valence-corrected chi connectivity index (χ0v) is 16.1. The van der Waals surface area contributed by atoms with Gasteiger partial charge < -0.3 is 39.7 Å². The van der Waals surface area contributed by atoms with Gasteiger partial charge in [-0.25, -0.2) is 9.36 Å². The second kappa shape index (κ2) is 9.70. The number of morpholine rings is 1. The molecule has 0 bridgehead atoms. The predicted molar refractivity (Wildman–Crippen MR) is 89.6 cm³/mol. The van der Waals surface area contributed by atoms with Gasteiger partial charge in [-0.3, -0.25) is 9.42 Å². The molecule has 0 aromatic rings. The van der Waals surface area contributed by atoms with E-state index in [9.17, 15) is 29.8 Å². The maximum Gasteiger partial charge on any atom is 0.469 e. The monoisotopic (exact) mass is 417 g/mol. The summed E-state index contributed by atoms with van der Waals surface area (Å²) in [7, 11) is -4.95. The molecule has 0 amide bonds. The van der Waals surface area contributed by atoms with Crippen molar-refractivity contribution in [1.29, 1.82) is 0 Å². The number of phosphoric acid groups is 1. The lowest BCUT2D eigenvalue weighted by molar-refractivity contribution is -0.299. The van der Waals surface area contributed by atoms with Crippen molar-refractivity contribution in [3.63, 3.8) is 0 Å². The molecule has 1 rings (SSSR count). The van der Waals surface area contributed by atoms with E-state index >= 15 is 0 Å². The summed E-state index contributed by atoms with van der Waals surface area (Å²) >= 11 is 0. The van der Waals surface area contributed by atoms with Gasteiger partial charge in [-0.2, -0.15) is 0 Å². The number of hydrogen-bond acceptors (Lipinski definition) is 9. The van der Waals surface area contributed by atoms with Gasteiger partial charge in [-0.15, -0.1) is 0 Å². The van der Waals surface area contributed by atoms with E-state index in [1.54, 1.807) is 0 Å². The van der Waals surface area contributed by atoms with E-state index in [1.807, 2.05) is 0 Å². The number of carboxylic acid groups (broad SMARTS) is 1. The van der Waals surface area contributed by atoms with Crippen molar-refractivity contribution in [2.45, 2.75) is 43.8 Å². The van der Waals surface area contributed by atoms with Gasteiger partial charge in [0.25, 0.3) is 5.72 Å². The molecule has 1 saturated heterocycles. The summed E-state index contributed by atoms with van der Waals surface area (Å²) in [6.45, 7) is 2.23. The van der Waals surface area contributed by atoms with Gasteiger partial charge in [0.1, 0.15) is 17.8 Å². The summed E-state index contributed by atoms with van der Waals surface area (Å²) < 4.78 is 25.6. The average molecular weight is 417 g/mol. The molecule has 27 heavy (non-hydrogen) atoms. The van der Waals surface area contributed by atoms with Gasteiger partial charge in [0.2, 0.25) is 0 Å². The number of nitrogens with zero attached hydrogens (tertiary/aromatic N) is 1. The Hall–Kier alpha value is -0.660. The highest BCUT2D eigenvalue weighted by molar-refractivity contribution is 7.46. The van der Waals surface area contributed by atoms with E-state index in [1.165, 1.54) is 18.7 Å². The third-order valence-corrected chi connectivity index (χ3v) is 4.98. The normalized spacial score (nSPS) is 23.2. The highest BCUT2D eigenvalue weighted by Crippen LogP contribution is 2.40. The van der Waals surface area contributed by atoms with Crippen LogP contribution in [0.4, 0.5) is 0 Å². The van der Waals surface area contributed by atoms with Gasteiger partial charge in [0, 0.05) is 19.7 Å². The molecule has 0 radical (unpaired) electrons. The van der Waals surface area contributed by atoms with Gasteiger partial charge in [0.05, 0.1) is 19.8 Å². The van der Waals surface area contributed by atoms with Gasteiger partial charge in [-0.1, -0.05) is 6.92 Å². The number of rotatable bonds is 11. The van der Waals surface area contributed by atoms with Gasteiger partial charge >= 0.3 is 13.8 Å². The number of carboxylic acids is 1. The van der Waals surface area contributed by atoms with Crippen LogP contribution in [0.5, 0.6) is 0 Å². The van der Waals surface area contributed by atoms with Crippen molar-refractivity contribution in [2.75, 3.05) is 39.5 Å². The number of aliphatic hydroxyl groups excluding tert-OH is 2. The van der Waals surface area contributed by atoms with Crippen LogP contribution in [0.25, 0.3) is 0 Å². The standard InChI is InChI=1S/C14H28NO11P/c1-3-13(20,11(17)10(16)9-26-27(21,22)23)14(12(18)19,25-4-2)15-5-7-24-8-6-15/h10-11,16-17,20H,3-9H2,1-2H3,(H,18,19)(H2,21,22,23). The Bertz CT molecular complexity index is 537. The second-order valence-electron chi connectivity index (χ2n) is 6.06. The fraction of sp³-hybridized carbons (Fsp3) is 0.929. The predicted octanol–water partition coefficient (Wildman–Crippen LogP) is -1.89. The van der Waals surface area contributed by atoms with Crippen molar-refractivity contribution < 1.29 is 53.6 Å². The molecule has 0 aromatic heterocycles. The molecule has 1 fully saturated rings. The molecule has 4 unspecified atom stereocenters. The molecule has 1 aliphatic heterocycles. The van der Waals surface area contributed by atoms with Crippen LogP contribution < -0.4 is 0 Å². The van der Waals surface area contributed by atoms with Crippen LogP contribution in [-0.4, -0.2) is 104 Å². The third-order valence-electron chi connectivity index (χ3n) is 4.49. The molecule has 6 N–H and O–H groups in total. The summed E-state index contributed by atoms with van der Waals surface area (Å²) in [5.74, 6) is -1.59. The summed E-state index contributed by atoms with van der Waals surface area (Å²) in [6.07, 6.45) is -4.51. The van der Waals surface area contributed by atoms with Crippen LogP contribution in [-0.2, 0) is 23.4 Å². The Labute approximate surface area is 156 Å². The molecular formula is C14H28NO11P. The number of aliphatic carboxylic acids is 1. The van der Waals surface area contributed by atoms with Crippen LogP contribution in [0.2, 0.25) is 0 Å². The minimum atomic E-state index is -4.95. The molecular weight excluding hydrogens is 389 g/mol. The Balaban J connectivity index is 3.30. The molecule has 12 nitrogen and oxygen atoms in total. The van der Waals surface area contributed by atoms with Crippen LogP contribution >= 0.6 is 7.82 Å². The second-order valence-corrected chi connectivity index (χ2v) is 7.30. The SMILES string of the molecule is CCOC(C(=O)O)(N1CCOCC1)C(O)(CC)C(O)C(O)COP(=O)(O)O. The van der Waals surface area contributed by atoms with Gasteiger partial charge in [-0.05, 0) is 13.3 Å². The van der Waals surface area contributed by atoms with E-state index in [0.29, 0.717) is 0 Å². The molecule has 13 heteroatoms. The molecule has 4 atom stereocenters. The largest absolute Gasteiger partial charge is 0.478 e. The maximum atomic E-state index is 12.2. The smallest absolute Gasteiger partial charge is 0.469 e. The van der Waals surface area contributed by atoms with Crippen molar-refractivity contribution in [3.8, 4) is 0 Å². The Morgan fingerprint density at radius 1 is 1.26 bits per heavy atom. The summed E-state index contributed by atoms with van der Waals surface area (Å²) in [4.78, 5) is 31.0. The fourth-order valence-corrected chi connectivity index (χ4v) is 3.54. The zero-order valence-electron chi connectivity index (χ0n) is 15.2. The minimum Gasteiger partial charge on any atom is -0.478 e. The number of carbonyl (C=O) groups is 1. The highest BCUT2D eigenvalue weighted by atomic mass is 31.2.